The lowest BCUT2D eigenvalue weighted by atomic mass is 10.0. The van der Waals surface area contributed by atoms with E-state index in [1.807, 2.05) is 25.1 Å². The van der Waals surface area contributed by atoms with Crippen molar-refractivity contribution in [1.82, 2.24) is 0 Å². The second kappa shape index (κ2) is 5.14. The van der Waals surface area contributed by atoms with Gasteiger partial charge in [-0.25, -0.2) is 4.79 Å². The third-order valence-electron chi connectivity index (χ3n) is 3.55. The SMILES string of the molecule is Cc1c(C=O)sc2ccc(-c3ccc(C(=O)O)cc3)cc12. The van der Waals surface area contributed by atoms with Gasteiger partial charge in [-0.2, -0.15) is 0 Å². The van der Waals surface area contributed by atoms with Crippen molar-refractivity contribution in [2.24, 2.45) is 0 Å². The molecular formula is C17H12O3S. The van der Waals surface area contributed by atoms with Gasteiger partial charge in [0.2, 0.25) is 0 Å². The third-order valence-corrected chi connectivity index (χ3v) is 4.74. The Morgan fingerprint density at radius 2 is 1.76 bits per heavy atom. The zero-order chi connectivity index (χ0) is 15.0. The van der Waals surface area contributed by atoms with Gasteiger partial charge in [-0.3, -0.25) is 4.79 Å². The van der Waals surface area contributed by atoms with Crippen LogP contribution in [-0.4, -0.2) is 17.4 Å². The maximum absolute atomic E-state index is 11.0. The molecule has 0 unspecified atom stereocenters. The average Bonchev–Trinajstić information content (AvgIpc) is 2.83. The zero-order valence-corrected chi connectivity index (χ0v) is 12.1. The monoisotopic (exact) mass is 296 g/mol. The van der Waals surface area contributed by atoms with Gasteiger partial charge in [0.1, 0.15) is 0 Å². The van der Waals surface area contributed by atoms with Crippen molar-refractivity contribution in [3.63, 3.8) is 0 Å². The predicted molar refractivity (Wildman–Crippen MR) is 84.3 cm³/mol. The van der Waals surface area contributed by atoms with Gasteiger partial charge in [0.05, 0.1) is 10.4 Å². The molecule has 0 aliphatic heterocycles. The molecule has 21 heavy (non-hydrogen) atoms. The van der Waals surface area contributed by atoms with Gasteiger partial charge in [0.15, 0.2) is 6.29 Å². The third kappa shape index (κ3) is 2.34. The van der Waals surface area contributed by atoms with Crippen molar-refractivity contribution in [2.75, 3.05) is 0 Å². The lowest BCUT2D eigenvalue weighted by Gasteiger charge is -2.03. The molecule has 1 N–H and O–H groups in total. The summed E-state index contributed by atoms with van der Waals surface area (Å²) < 4.78 is 1.08. The molecule has 0 fully saturated rings. The maximum atomic E-state index is 11.0. The number of benzene rings is 2. The fourth-order valence-corrected chi connectivity index (χ4v) is 3.34. The van der Waals surface area contributed by atoms with E-state index in [1.165, 1.54) is 11.3 Å². The fraction of sp³-hybridized carbons (Fsp3) is 0.0588. The zero-order valence-electron chi connectivity index (χ0n) is 11.3. The van der Waals surface area contributed by atoms with Crippen LogP contribution in [0.2, 0.25) is 0 Å². The van der Waals surface area contributed by atoms with Gasteiger partial charge in [-0.1, -0.05) is 18.2 Å². The summed E-state index contributed by atoms with van der Waals surface area (Å²) in [7, 11) is 0. The minimum Gasteiger partial charge on any atom is -0.478 e. The van der Waals surface area contributed by atoms with Gasteiger partial charge in [0, 0.05) is 4.70 Å². The highest BCUT2D eigenvalue weighted by atomic mass is 32.1. The summed E-state index contributed by atoms with van der Waals surface area (Å²) in [5.74, 6) is -0.929. The average molecular weight is 296 g/mol. The summed E-state index contributed by atoms with van der Waals surface area (Å²) in [6.45, 7) is 1.94. The lowest BCUT2D eigenvalue weighted by molar-refractivity contribution is 0.0696. The van der Waals surface area contributed by atoms with Crippen molar-refractivity contribution >= 4 is 33.7 Å². The first-order valence-electron chi connectivity index (χ1n) is 6.42. The van der Waals surface area contributed by atoms with Crippen LogP contribution in [0.25, 0.3) is 21.2 Å². The number of carboxylic acids is 1. The van der Waals surface area contributed by atoms with E-state index in [1.54, 1.807) is 24.3 Å². The summed E-state index contributed by atoms with van der Waals surface area (Å²) in [5, 5.41) is 9.99. The van der Waals surface area contributed by atoms with Gasteiger partial charge < -0.3 is 5.11 Å². The second-order valence-electron chi connectivity index (χ2n) is 4.80. The molecule has 0 spiro atoms. The molecule has 104 valence electrons. The minimum absolute atomic E-state index is 0.273. The van der Waals surface area contributed by atoms with Crippen LogP contribution in [0.15, 0.2) is 42.5 Å². The van der Waals surface area contributed by atoms with E-state index in [0.29, 0.717) is 0 Å². The van der Waals surface area contributed by atoms with Crippen molar-refractivity contribution < 1.29 is 14.7 Å². The first kappa shape index (κ1) is 13.5. The van der Waals surface area contributed by atoms with Crippen LogP contribution in [0.1, 0.15) is 25.6 Å². The smallest absolute Gasteiger partial charge is 0.335 e. The predicted octanol–water partition coefficient (Wildman–Crippen LogP) is 4.39. The number of fused-ring (bicyclic) bond motifs is 1. The molecule has 3 nitrogen and oxygen atoms in total. The number of aromatic carboxylic acids is 1. The first-order valence-corrected chi connectivity index (χ1v) is 7.24. The van der Waals surface area contributed by atoms with Crippen LogP contribution in [-0.2, 0) is 0 Å². The van der Waals surface area contributed by atoms with E-state index in [2.05, 4.69) is 0 Å². The minimum atomic E-state index is -0.929. The molecule has 1 aromatic heterocycles. The van der Waals surface area contributed by atoms with Crippen LogP contribution >= 0.6 is 11.3 Å². The van der Waals surface area contributed by atoms with E-state index in [4.69, 9.17) is 5.11 Å². The molecule has 0 amide bonds. The molecule has 0 saturated carbocycles. The number of hydrogen-bond acceptors (Lipinski definition) is 3. The van der Waals surface area contributed by atoms with Crippen molar-refractivity contribution in [3.8, 4) is 11.1 Å². The molecule has 3 rings (SSSR count). The Kier molecular flexibility index (Phi) is 3.31. The van der Waals surface area contributed by atoms with Gasteiger partial charge in [-0.15, -0.1) is 11.3 Å². The molecular weight excluding hydrogens is 284 g/mol. The number of hydrogen-bond donors (Lipinski definition) is 1. The Morgan fingerprint density at radius 1 is 1.10 bits per heavy atom. The van der Waals surface area contributed by atoms with Crippen LogP contribution in [0, 0.1) is 6.92 Å². The van der Waals surface area contributed by atoms with Crippen molar-refractivity contribution in [1.29, 1.82) is 0 Å². The maximum Gasteiger partial charge on any atom is 0.335 e. The number of rotatable bonds is 3. The van der Waals surface area contributed by atoms with E-state index in [9.17, 15) is 9.59 Å². The standard InChI is InChI=1S/C17H12O3S/c1-10-14-8-13(6-7-15(14)21-16(10)9-18)11-2-4-12(5-3-11)17(19)20/h2-9H,1H3,(H,19,20). The number of thiophene rings is 1. The van der Waals surface area contributed by atoms with E-state index in [-0.39, 0.29) is 5.56 Å². The molecule has 2 aromatic carbocycles. The van der Waals surface area contributed by atoms with E-state index in [0.717, 1.165) is 37.9 Å². The Morgan fingerprint density at radius 3 is 2.38 bits per heavy atom. The molecule has 4 heteroatoms. The highest BCUT2D eigenvalue weighted by Crippen LogP contribution is 2.33. The highest BCUT2D eigenvalue weighted by molar-refractivity contribution is 7.20. The topological polar surface area (TPSA) is 54.4 Å². The molecule has 0 aliphatic carbocycles. The quantitative estimate of drug-likeness (QED) is 0.729. The normalized spacial score (nSPS) is 10.7. The summed E-state index contributed by atoms with van der Waals surface area (Å²) in [5.41, 5.74) is 3.24. The van der Waals surface area contributed by atoms with Crippen LogP contribution in [0.5, 0.6) is 0 Å². The van der Waals surface area contributed by atoms with Crippen LogP contribution in [0.3, 0.4) is 0 Å². The van der Waals surface area contributed by atoms with Crippen LogP contribution < -0.4 is 0 Å². The molecule has 1 heterocycles. The van der Waals surface area contributed by atoms with Crippen LogP contribution in [0.4, 0.5) is 0 Å². The van der Waals surface area contributed by atoms with E-state index >= 15 is 0 Å². The largest absolute Gasteiger partial charge is 0.478 e. The number of aryl methyl sites for hydroxylation is 1. The van der Waals surface area contributed by atoms with Crippen molar-refractivity contribution in [3.05, 3.63) is 58.5 Å². The summed E-state index contributed by atoms with van der Waals surface area (Å²) >= 11 is 1.49. The first-order chi connectivity index (χ1) is 10.1. The second-order valence-corrected chi connectivity index (χ2v) is 5.89. The number of aldehydes is 1. The molecule has 0 atom stereocenters. The molecule has 0 aliphatic rings. The lowest BCUT2D eigenvalue weighted by Crippen LogP contribution is -1.94. The Labute approximate surface area is 125 Å². The Bertz CT molecular complexity index is 844. The Balaban J connectivity index is 2.10. The van der Waals surface area contributed by atoms with Gasteiger partial charge in [-0.05, 0) is 53.3 Å². The van der Waals surface area contributed by atoms with Crippen molar-refractivity contribution in [2.45, 2.75) is 6.92 Å². The molecule has 0 bridgehead atoms. The highest BCUT2D eigenvalue weighted by Gasteiger charge is 2.09. The van der Waals surface area contributed by atoms with E-state index < -0.39 is 5.97 Å². The summed E-state index contributed by atoms with van der Waals surface area (Å²) in [6, 6.07) is 12.8. The molecule has 3 aromatic rings. The number of carbonyl (C=O) groups is 2. The molecule has 0 radical (unpaired) electrons. The summed E-state index contributed by atoms with van der Waals surface area (Å²) in [4.78, 5) is 22.6. The summed E-state index contributed by atoms with van der Waals surface area (Å²) in [6.07, 6.45) is 0.890. The molecule has 0 saturated heterocycles. The number of carboxylic acid groups (broad SMARTS) is 1. The van der Waals surface area contributed by atoms with Gasteiger partial charge >= 0.3 is 5.97 Å². The number of carbonyl (C=O) groups excluding carboxylic acids is 1. The Hall–Kier alpha value is -2.46. The fourth-order valence-electron chi connectivity index (χ4n) is 2.34. The van der Waals surface area contributed by atoms with Gasteiger partial charge in [0.25, 0.3) is 0 Å².